The standard InChI is InChI=1S/C14H20N2O2/c1-2-6-16(7-5-15)14(17)11-3-4-12-9-18-10-13(12)8-11/h3-4,8H,2,5-7,9-10,15H2,1H3. The molecule has 1 aromatic carbocycles. The fourth-order valence-electron chi connectivity index (χ4n) is 2.23. The monoisotopic (exact) mass is 248 g/mol. The third-order valence-corrected chi connectivity index (χ3v) is 3.15. The number of amides is 1. The van der Waals surface area contributed by atoms with E-state index in [1.54, 1.807) is 0 Å². The average molecular weight is 248 g/mol. The molecule has 1 amide bonds. The van der Waals surface area contributed by atoms with E-state index >= 15 is 0 Å². The summed E-state index contributed by atoms with van der Waals surface area (Å²) in [5, 5.41) is 0. The van der Waals surface area contributed by atoms with Crippen LogP contribution < -0.4 is 5.73 Å². The van der Waals surface area contributed by atoms with Crippen molar-refractivity contribution in [3.05, 3.63) is 34.9 Å². The molecule has 0 saturated heterocycles. The van der Waals surface area contributed by atoms with E-state index in [1.807, 2.05) is 23.1 Å². The zero-order valence-corrected chi connectivity index (χ0v) is 10.8. The molecule has 0 unspecified atom stereocenters. The molecule has 1 aliphatic rings. The normalized spacial score (nSPS) is 13.4. The van der Waals surface area contributed by atoms with E-state index in [1.165, 1.54) is 5.56 Å². The van der Waals surface area contributed by atoms with Gasteiger partial charge >= 0.3 is 0 Å². The number of ether oxygens (including phenoxy) is 1. The van der Waals surface area contributed by atoms with Crippen molar-refractivity contribution in [1.82, 2.24) is 4.90 Å². The van der Waals surface area contributed by atoms with Gasteiger partial charge in [-0.15, -0.1) is 0 Å². The number of carbonyl (C=O) groups is 1. The van der Waals surface area contributed by atoms with Crippen LogP contribution in [0.1, 0.15) is 34.8 Å². The Morgan fingerprint density at radius 2 is 2.11 bits per heavy atom. The van der Waals surface area contributed by atoms with Crippen molar-refractivity contribution in [1.29, 1.82) is 0 Å². The lowest BCUT2D eigenvalue weighted by Gasteiger charge is -2.21. The number of fused-ring (bicyclic) bond motifs is 1. The van der Waals surface area contributed by atoms with Crippen LogP contribution in [-0.4, -0.2) is 30.4 Å². The fraction of sp³-hybridized carbons (Fsp3) is 0.500. The van der Waals surface area contributed by atoms with Crippen LogP contribution in [-0.2, 0) is 18.0 Å². The van der Waals surface area contributed by atoms with E-state index in [-0.39, 0.29) is 5.91 Å². The number of benzene rings is 1. The molecule has 0 aromatic heterocycles. The summed E-state index contributed by atoms with van der Waals surface area (Å²) >= 11 is 0. The predicted molar refractivity (Wildman–Crippen MR) is 70.2 cm³/mol. The van der Waals surface area contributed by atoms with E-state index in [0.717, 1.165) is 24.1 Å². The second-order valence-electron chi connectivity index (χ2n) is 4.56. The highest BCUT2D eigenvalue weighted by Crippen LogP contribution is 2.21. The maximum absolute atomic E-state index is 12.4. The summed E-state index contributed by atoms with van der Waals surface area (Å²) in [7, 11) is 0. The summed E-state index contributed by atoms with van der Waals surface area (Å²) in [6.45, 7) is 5.20. The van der Waals surface area contributed by atoms with Crippen molar-refractivity contribution < 1.29 is 9.53 Å². The van der Waals surface area contributed by atoms with Crippen LogP contribution in [0.2, 0.25) is 0 Å². The van der Waals surface area contributed by atoms with Gasteiger partial charge in [0.15, 0.2) is 0 Å². The Morgan fingerprint density at radius 3 is 2.83 bits per heavy atom. The molecule has 4 nitrogen and oxygen atoms in total. The lowest BCUT2D eigenvalue weighted by molar-refractivity contribution is 0.0760. The molecule has 2 N–H and O–H groups in total. The van der Waals surface area contributed by atoms with E-state index in [4.69, 9.17) is 10.5 Å². The first-order valence-electron chi connectivity index (χ1n) is 6.45. The maximum atomic E-state index is 12.4. The van der Waals surface area contributed by atoms with Crippen LogP contribution in [0.25, 0.3) is 0 Å². The van der Waals surface area contributed by atoms with Crippen molar-refractivity contribution in [3.63, 3.8) is 0 Å². The summed E-state index contributed by atoms with van der Waals surface area (Å²) in [5.41, 5.74) is 8.61. The van der Waals surface area contributed by atoms with Gasteiger partial charge in [0.2, 0.25) is 0 Å². The predicted octanol–water partition coefficient (Wildman–Crippen LogP) is 1.53. The smallest absolute Gasteiger partial charge is 0.253 e. The van der Waals surface area contributed by atoms with E-state index in [9.17, 15) is 4.79 Å². The van der Waals surface area contributed by atoms with Crippen LogP contribution in [0, 0.1) is 0 Å². The molecule has 18 heavy (non-hydrogen) atoms. The van der Waals surface area contributed by atoms with Crippen molar-refractivity contribution in [3.8, 4) is 0 Å². The van der Waals surface area contributed by atoms with Crippen LogP contribution in [0.5, 0.6) is 0 Å². The molecular weight excluding hydrogens is 228 g/mol. The van der Waals surface area contributed by atoms with Gasteiger partial charge in [-0.25, -0.2) is 0 Å². The van der Waals surface area contributed by atoms with Gasteiger partial charge in [-0.1, -0.05) is 13.0 Å². The third-order valence-electron chi connectivity index (χ3n) is 3.15. The van der Waals surface area contributed by atoms with Crippen LogP contribution in [0.3, 0.4) is 0 Å². The highest BCUT2D eigenvalue weighted by atomic mass is 16.5. The summed E-state index contributed by atoms with van der Waals surface area (Å²) < 4.78 is 5.36. The summed E-state index contributed by atoms with van der Waals surface area (Å²) in [6.07, 6.45) is 0.944. The van der Waals surface area contributed by atoms with Crippen molar-refractivity contribution >= 4 is 5.91 Å². The molecule has 1 heterocycles. The Hall–Kier alpha value is -1.39. The number of rotatable bonds is 5. The lowest BCUT2D eigenvalue weighted by atomic mass is 10.1. The van der Waals surface area contributed by atoms with Gasteiger partial charge in [-0.05, 0) is 29.7 Å². The Balaban J connectivity index is 2.16. The summed E-state index contributed by atoms with van der Waals surface area (Å²) in [4.78, 5) is 14.2. The zero-order chi connectivity index (χ0) is 13.0. The lowest BCUT2D eigenvalue weighted by Crippen LogP contribution is -2.36. The molecule has 2 rings (SSSR count). The Kier molecular flexibility index (Phi) is 4.33. The topological polar surface area (TPSA) is 55.6 Å². The first-order valence-corrected chi connectivity index (χ1v) is 6.45. The molecule has 0 bridgehead atoms. The van der Waals surface area contributed by atoms with Gasteiger partial charge in [0.05, 0.1) is 13.2 Å². The number of hydrogen-bond donors (Lipinski definition) is 1. The molecular formula is C14H20N2O2. The molecule has 0 aliphatic carbocycles. The molecule has 0 saturated carbocycles. The largest absolute Gasteiger partial charge is 0.372 e. The van der Waals surface area contributed by atoms with Gasteiger partial charge in [-0.3, -0.25) is 4.79 Å². The van der Waals surface area contributed by atoms with Gasteiger partial charge in [0.25, 0.3) is 5.91 Å². The molecule has 0 radical (unpaired) electrons. The fourth-order valence-corrected chi connectivity index (χ4v) is 2.23. The molecule has 98 valence electrons. The van der Waals surface area contributed by atoms with E-state index in [0.29, 0.717) is 26.3 Å². The number of nitrogens with zero attached hydrogens (tertiary/aromatic N) is 1. The number of nitrogens with two attached hydrogens (primary N) is 1. The molecule has 0 spiro atoms. The van der Waals surface area contributed by atoms with Crippen LogP contribution >= 0.6 is 0 Å². The Bertz CT molecular complexity index is 426. The molecule has 0 atom stereocenters. The molecule has 4 heteroatoms. The van der Waals surface area contributed by atoms with Crippen LogP contribution in [0.4, 0.5) is 0 Å². The van der Waals surface area contributed by atoms with Crippen molar-refractivity contribution in [2.45, 2.75) is 26.6 Å². The Labute approximate surface area is 108 Å². The zero-order valence-electron chi connectivity index (χ0n) is 10.8. The first-order chi connectivity index (χ1) is 8.76. The Morgan fingerprint density at radius 1 is 1.33 bits per heavy atom. The number of carbonyl (C=O) groups excluding carboxylic acids is 1. The molecule has 1 aromatic rings. The highest BCUT2D eigenvalue weighted by Gasteiger charge is 2.18. The highest BCUT2D eigenvalue weighted by molar-refractivity contribution is 5.94. The van der Waals surface area contributed by atoms with Crippen molar-refractivity contribution in [2.24, 2.45) is 5.73 Å². The van der Waals surface area contributed by atoms with Crippen molar-refractivity contribution in [2.75, 3.05) is 19.6 Å². The second kappa shape index (κ2) is 5.98. The third kappa shape index (κ3) is 2.71. The minimum atomic E-state index is 0.0667. The second-order valence-corrected chi connectivity index (χ2v) is 4.56. The minimum Gasteiger partial charge on any atom is -0.372 e. The SMILES string of the molecule is CCCN(CCN)C(=O)c1ccc2c(c1)COC2. The van der Waals surface area contributed by atoms with Gasteiger partial charge in [0.1, 0.15) is 0 Å². The van der Waals surface area contributed by atoms with Crippen LogP contribution in [0.15, 0.2) is 18.2 Å². The summed E-state index contributed by atoms with van der Waals surface area (Å²) in [5.74, 6) is 0.0667. The first kappa shape index (κ1) is 13.1. The summed E-state index contributed by atoms with van der Waals surface area (Å²) in [6, 6.07) is 5.82. The van der Waals surface area contributed by atoms with E-state index < -0.39 is 0 Å². The van der Waals surface area contributed by atoms with Gasteiger partial charge in [-0.2, -0.15) is 0 Å². The maximum Gasteiger partial charge on any atom is 0.253 e. The number of hydrogen-bond acceptors (Lipinski definition) is 3. The minimum absolute atomic E-state index is 0.0667. The van der Waals surface area contributed by atoms with E-state index in [2.05, 4.69) is 6.92 Å². The molecule has 1 aliphatic heterocycles. The molecule has 0 fully saturated rings. The average Bonchev–Trinajstić information content (AvgIpc) is 2.84. The van der Waals surface area contributed by atoms with Gasteiger partial charge < -0.3 is 15.4 Å². The quantitative estimate of drug-likeness (QED) is 0.859. The van der Waals surface area contributed by atoms with Gasteiger partial charge in [0, 0.05) is 25.2 Å².